The molecule has 0 amide bonds. The second-order valence-corrected chi connectivity index (χ2v) is 1.85. The van der Waals surface area contributed by atoms with Gasteiger partial charge in [-0.2, -0.15) is 5.11 Å². The third kappa shape index (κ3) is 3.33. The fourth-order valence-corrected chi connectivity index (χ4v) is 0.403. The molecule has 1 N–H and O–H groups in total. The molecule has 0 aliphatic heterocycles. The Morgan fingerprint density at radius 3 is 2.25 bits per heavy atom. The van der Waals surface area contributed by atoms with Crippen molar-refractivity contribution in [1.82, 2.24) is 4.90 Å². The first kappa shape index (κ1) is 7.14. The molecule has 0 radical (unpaired) electrons. The summed E-state index contributed by atoms with van der Waals surface area (Å²) in [4.78, 5) is 1.85. The zero-order chi connectivity index (χ0) is 6.57. The normalized spacial score (nSPS) is 11.1. The number of hydrogen-bond donors (Lipinski definition) is 1. The molecule has 0 rings (SSSR count). The van der Waals surface area contributed by atoms with Gasteiger partial charge in [-0.25, -0.2) is 5.53 Å². The van der Waals surface area contributed by atoms with E-state index in [1.54, 1.807) is 13.1 Å². The van der Waals surface area contributed by atoms with Crippen molar-refractivity contribution < 1.29 is 0 Å². The summed E-state index contributed by atoms with van der Waals surface area (Å²) in [7, 11) is 3.80. The van der Waals surface area contributed by atoms with Gasteiger partial charge in [0, 0.05) is 20.3 Å². The van der Waals surface area contributed by atoms with Crippen LogP contribution in [-0.4, -0.2) is 19.0 Å². The molecule has 0 aliphatic rings. The average molecular weight is 113 g/mol. The Hall–Kier alpha value is -0.860. The lowest BCUT2D eigenvalue weighted by Gasteiger charge is -2.02. The van der Waals surface area contributed by atoms with E-state index in [1.807, 2.05) is 19.0 Å². The predicted octanol–water partition coefficient (Wildman–Crippen LogP) is 1.44. The fourth-order valence-electron chi connectivity index (χ4n) is 0.403. The van der Waals surface area contributed by atoms with Crippen LogP contribution in [0.4, 0.5) is 0 Å². The van der Waals surface area contributed by atoms with E-state index in [0.717, 1.165) is 5.70 Å². The first-order chi connectivity index (χ1) is 3.66. The van der Waals surface area contributed by atoms with Crippen molar-refractivity contribution in [3.8, 4) is 0 Å². The molecule has 0 saturated heterocycles. The Bertz CT molecular complexity index is 104. The van der Waals surface area contributed by atoms with Crippen molar-refractivity contribution in [2.75, 3.05) is 14.1 Å². The number of hydrogen-bond acceptors (Lipinski definition) is 3. The van der Waals surface area contributed by atoms with Crippen LogP contribution in [-0.2, 0) is 0 Å². The van der Waals surface area contributed by atoms with Crippen LogP contribution in [0.5, 0.6) is 0 Å². The van der Waals surface area contributed by atoms with Gasteiger partial charge in [0.05, 0.1) is 5.70 Å². The van der Waals surface area contributed by atoms with Gasteiger partial charge in [-0.3, -0.25) is 0 Å². The summed E-state index contributed by atoms with van der Waals surface area (Å²) in [5.74, 6) is 0. The van der Waals surface area contributed by atoms with E-state index >= 15 is 0 Å². The first-order valence-electron chi connectivity index (χ1n) is 2.39. The average Bonchev–Trinajstić information content (AvgIpc) is 1.65. The van der Waals surface area contributed by atoms with Gasteiger partial charge in [0.1, 0.15) is 0 Å². The lowest BCUT2D eigenvalue weighted by molar-refractivity contribution is 0.556. The molecule has 0 aromatic carbocycles. The van der Waals surface area contributed by atoms with Crippen LogP contribution < -0.4 is 0 Å². The number of allylic oxidation sites excluding steroid dienone is 1. The quantitative estimate of drug-likeness (QED) is 0.541. The van der Waals surface area contributed by atoms with Gasteiger partial charge in [0.25, 0.3) is 0 Å². The second kappa shape index (κ2) is 3.18. The third-order valence-corrected chi connectivity index (χ3v) is 0.621. The maximum atomic E-state index is 6.53. The number of nitrogens with zero attached hydrogens (tertiary/aromatic N) is 2. The highest BCUT2D eigenvalue weighted by Gasteiger charge is 1.80. The predicted molar refractivity (Wildman–Crippen MR) is 32.6 cm³/mol. The van der Waals surface area contributed by atoms with E-state index in [1.165, 1.54) is 0 Å². The third-order valence-electron chi connectivity index (χ3n) is 0.621. The summed E-state index contributed by atoms with van der Waals surface area (Å²) < 4.78 is 0. The van der Waals surface area contributed by atoms with Crippen LogP contribution in [0.15, 0.2) is 17.0 Å². The molecular weight excluding hydrogens is 102 g/mol. The topological polar surface area (TPSA) is 39.5 Å². The molecule has 0 heterocycles. The van der Waals surface area contributed by atoms with Gasteiger partial charge in [0.15, 0.2) is 0 Å². The highest BCUT2D eigenvalue weighted by atomic mass is 15.1. The zero-order valence-corrected chi connectivity index (χ0v) is 5.47. The summed E-state index contributed by atoms with van der Waals surface area (Å²) in [5, 5.41) is 3.20. The SMILES string of the molecule is CC(=CN(C)C)N=N. The van der Waals surface area contributed by atoms with Crippen molar-refractivity contribution >= 4 is 0 Å². The minimum absolute atomic E-state index is 0.718. The van der Waals surface area contributed by atoms with Crippen molar-refractivity contribution in [2.24, 2.45) is 5.11 Å². The minimum atomic E-state index is 0.718. The molecule has 0 saturated carbocycles. The zero-order valence-electron chi connectivity index (χ0n) is 5.47. The van der Waals surface area contributed by atoms with Crippen LogP contribution in [0.25, 0.3) is 0 Å². The smallest absolute Gasteiger partial charge is 0.0750 e. The minimum Gasteiger partial charge on any atom is -0.382 e. The molecule has 3 nitrogen and oxygen atoms in total. The number of nitrogens with one attached hydrogen (secondary N) is 1. The lowest BCUT2D eigenvalue weighted by Crippen LogP contribution is -2.00. The molecule has 0 spiro atoms. The van der Waals surface area contributed by atoms with Crippen molar-refractivity contribution in [2.45, 2.75) is 6.92 Å². The summed E-state index contributed by atoms with van der Waals surface area (Å²) in [6, 6.07) is 0. The Kier molecular flexibility index (Phi) is 2.84. The van der Waals surface area contributed by atoms with Crippen molar-refractivity contribution in [3.05, 3.63) is 11.9 Å². The van der Waals surface area contributed by atoms with Crippen LogP contribution in [0.1, 0.15) is 6.92 Å². The molecule has 46 valence electrons. The van der Waals surface area contributed by atoms with E-state index in [-0.39, 0.29) is 0 Å². The molecule has 3 heteroatoms. The lowest BCUT2D eigenvalue weighted by atomic mass is 10.5. The summed E-state index contributed by atoms with van der Waals surface area (Å²) in [5.41, 5.74) is 7.25. The molecule has 0 bridgehead atoms. The molecule has 0 atom stereocenters. The van der Waals surface area contributed by atoms with Gasteiger partial charge in [-0.05, 0) is 6.92 Å². The largest absolute Gasteiger partial charge is 0.382 e. The Morgan fingerprint density at radius 2 is 2.12 bits per heavy atom. The highest BCUT2D eigenvalue weighted by molar-refractivity contribution is 4.91. The van der Waals surface area contributed by atoms with Gasteiger partial charge < -0.3 is 4.90 Å². The molecule has 0 fully saturated rings. The second-order valence-electron chi connectivity index (χ2n) is 1.85. The van der Waals surface area contributed by atoms with Crippen molar-refractivity contribution in [1.29, 1.82) is 5.53 Å². The molecule has 0 aromatic heterocycles. The van der Waals surface area contributed by atoms with E-state index in [9.17, 15) is 0 Å². The van der Waals surface area contributed by atoms with Crippen LogP contribution in [0, 0.1) is 5.53 Å². The van der Waals surface area contributed by atoms with Gasteiger partial charge in [0.2, 0.25) is 0 Å². The Labute approximate surface area is 49.5 Å². The van der Waals surface area contributed by atoms with Gasteiger partial charge >= 0.3 is 0 Å². The van der Waals surface area contributed by atoms with Crippen LogP contribution >= 0.6 is 0 Å². The Balaban J connectivity index is 3.74. The standard InChI is InChI=1S/C5H11N3/c1-5(7-6)4-8(2)3/h4,6H,1-3H3. The molecule has 0 unspecified atom stereocenters. The molecule has 0 aromatic rings. The molecule has 8 heavy (non-hydrogen) atoms. The summed E-state index contributed by atoms with van der Waals surface area (Å²) in [6.07, 6.45) is 1.78. The highest BCUT2D eigenvalue weighted by Crippen LogP contribution is 1.92. The Morgan fingerprint density at radius 1 is 1.62 bits per heavy atom. The van der Waals surface area contributed by atoms with Gasteiger partial charge in [-0.15, -0.1) is 0 Å². The molecular formula is C5H11N3. The van der Waals surface area contributed by atoms with Crippen LogP contribution in [0.2, 0.25) is 0 Å². The fraction of sp³-hybridized carbons (Fsp3) is 0.600. The number of rotatable bonds is 2. The van der Waals surface area contributed by atoms with E-state index in [4.69, 9.17) is 5.53 Å². The monoisotopic (exact) mass is 113 g/mol. The molecule has 0 aliphatic carbocycles. The maximum Gasteiger partial charge on any atom is 0.0750 e. The van der Waals surface area contributed by atoms with Crippen LogP contribution in [0.3, 0.4) is 0 Å². The van der Waals surface area contributed by atoms with Crippen molar-refractivity contribution in [3.63, 3.8) is 0 Å². The van der Waals surface area contributed by atoms with E-state index in [2.05, 4.69) is 5.11 Å². The van der Waals surface area contributed by atoms with E-state index in [0.29, 0.717) is 0 Å². The summed E-state index contributed by atoms with van der Waals surface area (Å²) in [6.45, 7) is 1.78. The summed E-state index contributed by atoms with van der Waals surface area (Å²) >= 11 is 0. The van der Waals surface area contributed by atoms with Gasteiger partial charge in [-0.1, -0.05) is 0 Å². The van der Waals surface area contributed by atoms with E-state index < -0.39 is 0 Å². The maximum absolute atomic E-state index is 6.53. The first-order valence-corrected chi connectivity index (χ1v) is 2.39.